The summed E-state index contributed by atoms with van der Waals surface area (Å²) in [6, 6.07) is 12.8. The molecular formula is C29H29F2NO5. The van der Waals surface area contributed by atoms with E-state index in [4.69, 9.17) is 18.9 Å². The molecule has 0 unspecified atom stereocenters. The highest BCUT2D eigenvalue weighted by molar-refractivity contribution is 6.07. The van der Waals surface area contributed by atoms with Crippen molar-refractivity contribution >= 4 is 27.8 Å². The third-order valence-electron chi connectivity index (χ3n) is 7.44. The minimum atomic E-state index is -2.79. The molecule has 0 atom stereocenters. The molecule has 1 fully saturated rings. The number of fused-ring (bicyclic) bond motifs is 2. The molecule has 0 bridgehead atoms. The van der Waals surface area contributed by atoms with Crippen LogP contribution in [0.1, 0.15) is 54.1 Å². The van der Waals surface area contributed by atoms with Crippen molar-refractivity contribution in [1.82, 2.24) is 4.98 Å². The molecule has 1 aliphatic rings. The molecule has 0 saturated heterocycles. The highest BCUT2D eigenvalue weighted by atomic mass is 19.3. The van der Waals surface area contributed by atoms with Gasteiger partial charge in [0.25, 0.3) is 0 Å². The zero-order chi connectivity index (χ0) is 26.3. The molecule has 0 spiro atoms. The lowest BCUT2D eigenvalue weighted by Crippen LogP contribution is -2.36. The van der Waals surface area contributed by atoms with Crippen LogP contribution < -0.4 is 4.74 Å². The van der Waals surface area contributed by atoms with Gasteiger partial charge in [0, 0.05) is 10.9 Å². The van der Waals surface area contributed by atoms with Crippen LogP contribution >= 0.6 is 0 Å². The maximum atomic E-state index is 12.7. The first-order valence-corrected chi connectivity index (χ1v) is 12.4. The number of para-hydroxylation sites is 1. The topological polar surface area (TPSA) is 81.8 Å². The number of rotatable bonds is 7. The number of ether oxygens (including phenoxy) is 2. The van der Waals surface area contributed by atoms with Crippen LogP contribution in [0.15, 0.2) is 46.9 Å². The lowest BCUT2D eigenvalue weighted by molar-refractivity contribution is -0.214. The smallest absolute Gasteiger partial charge is 0.345 e. The molecule has 1 saturated carbocycles. The van der Waals surface area contributed by atoms with Gasteiger partial charge < -0.3 is 19.0 Å². The van der Waals surface area contributed by atoms with E-state index in [0.717, 1.165) is 16.5 Å². The highest BCUT2D eigenvalue weighted by Gasteiger charge is 2.34. The van der Waals surface area contributed by atoms with Gasteiger partial charge >= 0.3 is 12.6 Å². The molecular weight excluding hydrogens is 480 g/mol. The zero-order valence-electron chi connectivity index (χ0n) is 21.0. The maximum Gasteiger partial charge on any atom is 0.345 e. The number of carboxylic acid groups (broad SMARTS) is 1. The number of aromatic carboxylic acids is 1. The first-order chi connectivity index (χ1) is 17.6. The molecule has 0 amide bonds. The van der Waals surface area contributed by atoms with Gasteiger partial charge in [-0.05, 0) is 76.1 Å². The van der Waals surface area contributed by atoms with Gasteiger partial charge in [-0.2, -0.15) is 8.78 Å². The van der Waals surface area contributed by atoms with Gasteiger partial charge in [-0.25, -0.2) is 9.78 Å². The number of nitrogens with zero attached hydrogens (tertiary/aromatic N) is 1. The number of aromatic nitrogens is 1. The van der Waals surface area contributed by atoms with Crippen molar-refractivity contribution in [3.63, 3.8) is 0 Å². The number of pyridine rings is 1. The number of alkyl halides is 2. The summed E-state index contributed by atoms with van der Waals surface area (Å²) in [6.07, 6.45) is 2.41. The average molecular weight is 510 g/mol. The monoisotopic (exact) mass is 509 g/mol. The number of hydrogen-bond acceptors (Lipinski definition) is 5. The third kappa shape index (κ3) is 4.90. The lowest BCUT2D eigenvalue weighted by atomic mass is 9.80. The van der Waals surface area contributed by atoms with Crippen LogP contribution in [0.4, 0.5) is 8.78 Å². The van der Waals surface area contributed by atoms with Crippen LogP contribution in [0.25, 0.3) is 33.3 Å². The number of aryl methyl sites for hydroxylation is 2. The normalized spacial score (nSPS) is 20.1. The van der Waals surface area contributed by atoms with Gasteiger partial charge in [0.2, 0.25) is 0 Å². The molecule has 2 aromatic heterocycles. The standard InChI is InChI=1S/C29H29F2NO5/c1-16-8-9-23(35-15-18-10-12-29(3,13-11-18)37-28(30)31)24-20(27(33)34)14-21(32-25(16)24)26-17(2)19-6-4-5-7-22(19)36-26/h4-9,14,18,28H,10-13,15H2,1-3H3,(H,33,34)/t18-,29+. The molecule has 2 heterocycles. The molecule has 194 valence electrons. The van der Waals surface area contributed by atoms with Crippen LogP contribution in [0.3, 0.4) is 0 Å². The minimum absolute atomic E-state index is 0.0834. The van der Waals surface area contributed by atoms with Gasteiger partial charge in [0.05, 0.1) is 28.7 Å². The fourth-order valence-corrected chi connectivity index (χ4v) is 5.26. The van der Waals surface area contributed by atoms with Crippen LogP contribution in [-0.2, 0) is 4.74 Å². The summed E-state index contributed by atoms with van der Waals surface area (Å²) in [6.45, 7) is 3.10. The fraction of sp³-hybridized carbons (Fsp3) is 0.379. The van der Waals surface area contributed by atoms with Gasteiger partial charge in [0.15, 0.2) is 5.76 Å². The van der Waals surface area contributed by atoms with Gasteiger partial charge in [0.1, 0.15) is 17.0 Å². The lowest BCUT2D eigenvalue weighted by Gasteiger charge is -2.36. The van der Waals surface area contributed by atoms with Crippen LogP contribution in [0, 0.1) is 19.8 Å². The number of benzene rings is 2. The summed E-state index contributed by atoms with van der Waals surface area (Å²) in [5, 5.41) is 11.5. The fourth-order valence-electron chi connectivity index (χ4n) is 5.26. The Bertz CT molecular complexity index is 1470. The first-order valence-electron chi connectivity index (χ1n) is 12.4. The molecule has 0 radical (unpaired) electrons. The van der Waals surface area contributed by atoms with Gasteiger partial charge in [-0.3, -0.25) is 0 Å². The Kier molecular flexibility index (Phi) is 6.62. The highest BCUT2D eigenvalue weighted by Crippen LogP contribution is 2.39. The van der Waals surface area contributed by atoms with Crippen molar-refractivity contribution in [1.29, 1.82) is 0 Å². The van der Waals surface area contributed by atoms with Gasteiger partial charge in [-0.15, -0.1) is 0 Å². The van der Waals surface area contributed by atoms with Crippen LogP contribution in [0.5, 0.6) is 5.75 Å². The van der Waals surface area contributed by atoms with Crippen molar-refractivity contribution in [2.75, 3.05) is 6.61 Å². The maximum absolute atomic E-state index is 12.7. The summed E-state index contributed by atoms with van der Waals surface area (Å²) in [5.41, 5.74) is 2.66. The predicted molar refractivity (Wildman–Crippen MR) is 136 cm³/mol. The van der Waals surface area contributed by atoms with E-state index in [2.05, 4.69) is 0 Å². The second-order valence-corrected chi connectivity index (χ2v) is 10.1. The zero-order valence-corrected chi connectivity index (χ0v) is 21.0. The Hall–Kier alpha value is -3.52. The molecule has 1 aliphatic carbocycles. The SMILES string of the molecule is Cc1c(-c2cc(C(=O)O)c3c(OC[C@H]4CC[C@@](C)(OC(F)F)CC4)ccc(C)c3n2)oc2ccccc12. The largest absolute Gasteiger partial charge is 0.493 e. The summed E-state index contributed by atoms with van der Waals surface area (Å²) in [7, 11) is 0. The second-order valence-electron chi connectivity index (χ2n) is 10.1. The van der Waals surface area contributed by atoms with Crippen molar-refractivity contribution in [2.24, 2.45) is 5.92 Å². The number of carbonyl (C=O) groups is 1. The van der Waals surface area contributed by atoms with E-state index < -0.39 is 18.2 Å². The van der Waals surface area contributed by atoms with Crippen molar-refractivity contribution in [3.8, 4) is 17.2 Å². The molecule has 8 heteroatoms. The Morgan fingerprint density at radius 2 is 1.92 bits per heavy atom. The van der Waals surface area contributed by atoms with Crippen molar-refractivity contribution < 1.29 is 32.6 Å². The third-order valence-corrected chi connectivity index (χ3v) is 7.44. The first kappa shape index (κ1) is 25.1. The van der Waals surface area contributed by atoms with E-state index in [0.29, 0.717) is 66.0 Å². The number of hydrogen-bond donors (Lipinski definition) is 1. The summed E-state index contributed by atoms with van der Waals surface area (Å²) in [4.78, 5) is 17.2. The van der Waals surface area contributed by atoms with Crippen molar-refractivity contribution in [2.45, 2.75) is 58.7 Å². The van der Waals surface area contributed by atoms with E-state index >= 15 is 0 Å². The average Bonchev–Trinajstić information content (AvgIpc) is 3.20. The Morgan fingerprint density at radius 3 is 2.59 bits per heavy atom. The van der Waals surface area contributed by atoms with Gasteiger partial charge in [-0.1, -0.05) is 24.3 Å². The molecule has 6 nitrogen and oxygen atoms in total. The Labute approximate surface area is 213 Å². The van der Waals surface area contributed by atoms with E-state index in [-0.39, 0.29) is 11.5 Å². The number of halogens is 2. The Morgan fingerprint density at radius 1 is 1.19 bits per heavy atom. The Balaban J connectivity index is 1.47. The molecule has 1 N–H and O–H groups in total. The molecule has 2 aromatic carbocycles. The second kappa shape index (κ2) is 9.74. The summed E-state index contributed by atoms with van der Waals surface area (Å²) < 4.78 is 42.5. The number of furan rings is 1. The van der Waals surface area contributed by atoms with E-state index in [9.17, 15) is 18.7 Å². The van der Waals surface area contributed by atoms with E-state index in [1.807, 2.05) is 44.2 Å². The molecule has 4 aromatic rings. The number of carboxylic acids is 1. The van der Waals surface area contributed by atoms with Crippen LogP contribution in [0.2, 0.25) is 0 Å². The predicted octanol–water partition coefficient (Wildman–Crippen LogP) is 7.53. The molecule has 5 rings (SSSR count). The summed E-state index contributed by atoms with van der Waals surface area (Å²) in [5.74, 6) is 0.0444. The van der Waals surface area contributed by atoms with Crippen molar-refractivity contribution in [3.05, 3.63) is 59.2 Å². The molecule has 37 heavy (non-hydrogen) atoms. The summed E-state index contributed by atoms with van der Waals surface area (Å²) >= 11 is 0. The van der Waals surface area contributed by atoms with E-state index in [1.54, 1.807) is 13.0 Å². The molecule has 0 aliphatic heterocycles. The quantitative estimate of drug-likeness (QED) is 0.277. The minimum Gasteiger partial charge on any atom is -0.493 e. The van der Waals surface area contributed by atoms with Crippen LogP contribution in [-0.4, -0.2) is 34.9 Å². The van der Waals surface area contributed by atoms with E-state index in [1.165, 1.54) is 6.07 Å².